The van der Waals surface area contributed by atoms with E-state index in [9.17, 15) is 40.0 Å². The van der Waals surface area contributed by atoms with Crippen molar-refractivity contribution in [1.82, 2.24) is 4.90 Å². The van der Waals surface area contributed by atoms with Crippen molar-refractivity contribution < 1.29 is 40.0 Å². The van der Waals surface area contributed by atoms with Crippen molar-refractivity contribution in [2.75, 3.05) is 26.4 Å². The Morgan fingerprint density at radius 2 is 1.62 bits per heavy atom. The molecule has 0 bridgehead atoms. The number of benzene rings is 3. The van der Waals surface area contributed by atoms with E-state index in [0.717, 1.165) is 45.0 Å². The lowest BCUT2D eigenvalue weighted by Crippen LogP contribution is -2.43. The van der Waals surface area contributed by atoms with Crippen molar-refractivity contribution in [3.63, 3.8) is 0 Å². The molecule has 224 valence electrons. The molecule has 0 atom stereocenters. The Bertz CT molecular complexity index is 1650. The highest BCUT2D eigenvalue weighted by atomic mass is 32.3. The molecule has 0 aliphatic carbocycles. The van der Waals surface area contributed by atoms with Crippen molar-refractivity contribution in [2.45, 2.75) is 32.1 Å². The molecule has 15 heteroatoms. The average molecular weight is 629 g/mol. The first kappa shape index (κ1) is 31.1. The molecule has 1 aliphatic heterocycles. The minimum absolute atomic E-state index is 0.225. The van der Waals surface area contributed by atoms with Crippen molar-refractivity contribution in [1.29, 1.82) is 0 Å². The van der Waals surface area contributed by atoms with Crippen LogP contribution < -0.4 is 13.9 Å². The van der Waals surface area contributed by atoms with Crippen LogP contribution in [-0.4, -0.2) is 43.3 Å². The summed E-state index contributed by atoms with van der Waals surface area (Å²) in [6.45, 7) is 2.59. The number of imide groups is 1. The van der Waals surface area contributed by atoms with Gasteiger partial charge in [0.1, 0.15) is 17.2 Å². The Labute approximate surface area is 243 Å². The fourth-order valence-corrected chi connectivity index (χ4v) is 6.35. The third-order valence-corrected chi connectivity index (χ3v) is 9.18. The smallest absolute Gasteiger partial charge is 0.355 e. The lowest BCUT2D eigenvalue weighted by Gasteiger charge is -2.28. The number of hydrogen-bond acceptors (Lipinski definition) is 6. The first-order valence-corrected chi connectivity index (χ1v) is 15.2. The van der Waals surface area contributed by atoms with Gasteiger partial charge in [-0.05, 0) is 86.0 Å². The summed E-state index contributed by atoms with van der Waals surface area (Å²) in [5, 5.41) is 3.02. The maximum atomic E-state index is 14.3. The fraction of sp³-hybridized carbons (Fsp3) is 0.259. The summed E-state index contributed by atoms with van der Waals surface area (Å²) in [7, 11) is -3.54. The highest BCUT2D eigenvalue weighted by Gasteiger charge is 2.52. The second-order valence-corrected chi connectivity index (χ2v) is 12.7. The normalized spacial score (nSPS) is 15.4. The van der Waals surface area contributed by atoms with Gasteiger partial charge in [-0.3, -0.25) is 4.79 Å². The molecule has 1 aliphatic rings. The highest BCUT2D eigenvalue weighted by Crippen LogP contribution is 2.38. The summed E-state index contributed by atoms with van der Waals surface area (Å²) >= 11 is 0.995. The van der Waals surface area contributed by atoms with Crippen LogP contribution in [0, 0.1) is 11.6 Å². The van der Waals surface area contributed by atoms with Gasteiger partial charge in [0.05, 0.1) is 29.7 Å². The Morgan fingerprint density at radius 1 is 0.976 bits per heavy atom. The summed E-state index contributed by atoms with van der Waals surface area (Å²) in [4.78, 5) is 28.4. The number of carbonyl (C=O) groups excluding carboxylic acids is 2. The molecule has 0 radical (unpaired) electrons. The summed E-state index contributed by atoms with van der Waals surface area (Å²) in [6.07, 6.45) is -2.38. The van der Waals surface area contributed by atoms with E-state index in [0.29, 0.717) is 34.0 Å². The van der Waals surface area contributed by atoms with Gasteiger partial charge < -0.3 is 10.2 Å². The Morgan fingerprint density at radius 3 is 2.19 bits per heavy atom. The number of halogens is 5. The zero-order valence-electron chi connectivity index (χ0n) is 22.7. The van der Waals surface area contributed by atoms with Gasteiger partial charge in [0, 0.05) is 17.6 Å². The van der Waals surface area contributed by atoms with Gasteiger partial charge in [0.15, 0.2) is 0 Å². The molecule has 0 saturated carbocycles. The second kappa shape index (κ2) is 11.1. The summed E-state index contributed by atoms with van der Waals surface area (Å²) in [5.74, 6) is -2.99. The molecule has 0 unspecified atom stereocenters. The predicted octanol–water partition coefficient (Wildman–Crippen LogP) is 6.52. The van der Waals surface area contributed by atoms with Gasteiger partial charge in [0.25, 0.3) is 5.91 Å². The zero-order chi connectivity index (χ0) is 31.2. The van der Waals surface area contributed by atoms with E-state index >= 15 is 0 Å². The molecule has 8 nitrogen and oxygen atoms in total. The molecule has 4 rings (SSSR count). The zero-order valence-corrected chi connectivity index (χ0v) is 24.3. The molecule has 3 aromatic rings. The van der Waals surface area contributed by atoms with Crippen LogP contribution >= 0.6 is 11.9 Å². The molecule has 0 spiro atoms. The Balaban J connectivity index is 1.64. The first-order chi connectivity index (χ1) is 19.4. The number of hydrogen-bond donors (Lipinski definition) is 1. The number of rotatable bonds is 8. The van der Waals surface area contributed by atoms with Gasteiger partial charge in [-0.1, -0.05) is 6.07 Å². The number of nitrogens with zero attached hydrogens (tertiary/aromatic N) is 3. The number of carbonyl (C=O) groups is 2. The SMILES string of the molecule is CSN(c1ccc(Nc2cc(F)ccc2CN2C(=O)N(c3ccc(F)c(C(F)(F)F)c3)C(=O)C2(C)C)cc1)S(C)(=O)=O. The van der Waals surface area contributed by atoms with Crippen molar-refractivity contribution in [3.8, 4) is 0 Å². The summed E-state index contributed by atoms with van der Waals surface area (Å²) in [5.41, 5.74) is -2.16. The van der Waals surface area contributed by atoms with Crippen LogP contribution in [0.4, 0.5) is 49.5 Å². The summed E-state index contributed by atoms with van der Waals surface area (Å²) < 4.78 is 93.2. The number of anilines is 4. The molecule has 1 fully saturated rings. The number of amides is 3. The first-order valence-electron chi connectivity index (χ1n) is 12.2. The van der Waals surface area contributed by atoms with Crippen LogP contribution in [0.1, 0.15) is 25.0 Å². The third kappa shape index (κ3) is 6.02. The number of urea groups is 1. The highest BCUT2D eigenvalue weighted by molar-refractivity contribution is 8.14. The van der Waals surface area contributed by atoms with Gasteiger partial charge in [0.2, 0.25) is 10.0 Å². The third-order valence-electron chi connectivity index (χ3n) is 6.56. The van der Waals surface area contributed by atoms with E-state index in [2.05, 4.69) is 5.32 Å². The molecular formula is C27H25F5N4O4S2. The fourth-order valence-electron chi connectivity index (χ4n) is 4.43. The van der Waals surface area contributed by atoms with Crippen LogP contribution in [0.3, 0.4) is 0 Å². The van der Waals surface area contributed by atoms with E-state index < -0.39 is 56.6 Å². The molecule has 1 saturated heterocycles. The Hall–Kier alpha value is -3.85. The number of nitrogens with one attached hydrogen (secondary N) is 1. The minimum atomic E-state index is -5.05. The van der Waals surface area contributed by atoms with Crippen LogP contribution in [0.15, 0.2) is 60.7 Å². The Kier molecular flexibility index (Phi) is 8.21. The average Bonchev–Trinajstić information content (AvgIpc) is 3.05. The van der Waals surface area contributed by atoms with Crippen LogP contribution in [-0.2, 0) is 27.5 Å². The van der Waals surface area contributed by atoms with E-state index in [1.54, 1.807) is 30.5 Å². The maximum absolute atomic E-state index is 14.3. The minimum Gasteiger partial charge on any atom is -0.355 e. The van der Waals surface area contributed by atoms with E-state index in [1.807, 2.05) is 0 Å². The van der Waals surface area contributed by atoms with Crippen LogP contribution in [0.5, 0.6) is 0 Å². The van der Waals surface area contributed by atoms with Gasteiger partial charge in [-0.25, -0.2) is 30.6 Å². The van der Waals surface area contributed by atoms with Gasteiger partial charge in [-0.2, -0.15) is 13.2 Å². The van der Waals surface area contributed by atoms with E-state index in [-0.39, 0.29) is 12.2 Å². The molecule has 1 N–H and O–H groups in total. The lowest BCUT2D eigenvalue weighted by molar-refractivity contribution is -0.140. The molecule has 0 aromatic heterocycles. The van der Waals surface area contributed by atoms with Crippen LogP contribution in [0.2, 0.25) is 0 Å². The largest absolute Gasteiger partial charge is 0.419 e. The van der Waals surface area contributed by atoms with E-state index in [1.165, 1.54) is 19.9 Å². The standard InChI is InChI=1S/C27H25F5N4O4S2/c1-26(2)24(37)35(20-11-12-22(29)21(14-20)27(30,31)32)25(38)34(26)15-16-5-6-17(28)13-23(16)33-18-7-9-19(10-8-18)36(41-3)42(4,39)40/h5-14,33H,15H2,1-4H3. The monoisotopic (exact) mass is 628 g/mol. The number of sulfonamides is 1. The van der Waals surface area contributed by atoms with Crippen molar-refractivity contribution in [3.05, 3.63) is 83.4 Å². The second-order valence-electron chi connectivity index (χ2n) is 9.88. The van der Waals surface area contributed by atoms with Crippen LogP contribution in [0.25, 0.3) is 0 Å². The molecular weight excluding hydrogens is 603 g/mol. The molecule has 42 heavy (non-hydrogen) atoms. The van der Waals surface area contributed by atoms with E-state index in [4.69, 9.17) is 0 Å². The van der Waals surface area contributed by atoms with Gasteiger partial charge in [-0.15, -0.1) is 0 Å². The maximum Gasteiger partial charge on any atom is 0.419 e. The topological polar surface area (TPSA) is 90.0 Å². The predicted molar refractivity (Wildman–Crippen MR) is 151 cm³/mol. The number of alkyl halides is 3. The molecule has 1 heterocycles. The quantitative estimate of drug-likeness (QED) is 0.174. The lowest BCUT2D eigenvalue weighted by atomic mass is 10.0. The van der Waals surface area contributed by atoms with Gasteiger partial charge >= 0.3 is 12.2 Å². The molecule has 3 amide bonds. The summed E-state index contributed by atoms with van der Waals surface area (Å²) in [6, 6.07) is 10.8. The molecule has 3 aromatic carbocycles. The van der Waals surface area contributed by atoms with Crippen molar-refractivity contribution in [2.24, 2.45) is 0 Å². The van der Waals surface area contributed by atoms with Crippen molar-refractivity contribution >= 4 is 56.7 Å².